The number of pyridine rings is 1. The molecule has 1 amide bonds. The predicted molar refractivity (Wildman–Crippen MR) is 54.3 cm³/mol. The molecule has 0 atom stereocenters. The number of hydrogen-bond donors (Lipinski definition) is 0. The fraction of sp³-hybridized carbons (Fsp3) is 0.455. The highest BCUT2D eigenvalue weighted by Crippen LogP contribution is 2.28. The molecule has 6 heteroatoms. The summed E-state index contributed by atoms with van der Waals surface area (Å²) >= 11 is 0. The number of piperidine rings is 1. The zero-order valence-corrected chi connectivity index (χ0v) is 9.00. The van der Waals surface area contributed by atoms with Crippen LogP contribution in [-0.4, -0.2) is 34.8 Å². The van der Waals surface area contributed by atoms with Gasteiger partial charge in [0, 0.05) is 32.1 Å². The maximum absolute atomic E-state index is 12.9. The predicted octanol–water partition coefficient (Wildman–Crippen LogP) is 2.09. The topological polar surface area (TPSA) is 33.2 Å². The van der Waals surface area contributed by atoms with Crippen molar-refractivity contribution in [2.24, 2.45) is 0 Å². The standard InChI is InChI=1S/C11H11F3N2O/c12-9-5-8(6-15-7-9)10(17)16-3-1-11(13,14)2-4-16/h5-7H,1-4H2. The molecule has 0 aliphatic carbocycles. The lowest BCUT2D eigenvalue weighted by Crippen LogP contribution is -2.42. The highest BCUT2D eigenvalue weighted by atomic mass is 19.3. The highest BCUT2D eigenvalue weighted by molar-refractivity contribution is 5.93. The van der Waals surface area contributed by atoms with Crippen LogP contribution in [-0.2, 0) is 0 Å². The van der Waals surface area contributed by atoms with Gasteiger partial charge in [-0.05, 0) is 6.07 Å². The number of alkyl halides is 2. The van der Waals surface area contributed by atoms with Crippen LogP contribution in [0.3, 0.4) is 0 Å². The third kappa shape index (κ3) is 2.75. The third-order valence-corrected chi connectivity index (χ3v) is 2.73. The van der Waals surface area contributed by atoms with Gasteiger partial charge in [0.05, 0.1) is 11.8 Å². The molecule has 1 aromatic rings. The Balaban J connectivity index is 2.07. The smallest absolute Gasteiger partial charge is 0.255 e. The number of halogens is 3. The van der Waals surface area contributed by atoms with Crippen LogP contribution >= 0.6 is 0 Å². The maximum Gasteiger partial charge on any atom is 0.255 e. The minimum Gasteiger partial charge on any atom is -0.338 e. The second kappa shape index (κ2) is 4.35. The molecule has 0 N–H and O–H groups in total. The molecular formula is C11H11F3N2O. The Morgan fingerprint density at radius 1 is 1.29 bits per heavy atom. The van der Waals surface area contributed by atoms with Gasteiger partial charge in [-0.25, -0.2) is 13.2 Å². The van der Waals surface area contributed by atoms with E-state index in [1.165, 1.54) is 11.1 Å². The summed E-state index contributed by atoms with van der Waals surface area (Å²) in [5.41, 5.74) is 0.0928. The average molecular weight is 244 g/mol. The van der Waals surface area contributed by atoms with E-state index in [-0.39, 0.29) is 31.5 Å². The summed E-state index contributed by atoms with van der Waals surface area (Å²) < 4.78 is 38.7. The van der Waals surface area contributed by atoms with E-state index in [0.717, 1.165) is 12.3 Å². The van der Waals surface area contributed by atoms with E-state index in [1.54, 1.807) is 0 Å². The molecule has 2 rings (SSSR count). The number of hydrogen-bond acceptors (Lipinski definition) is 2. The first-order valence-corrected chi connectivity index (χ1v) is 5.26. The van der Waals surface area contributed by atoms with Crippen molar-refractivity contribution >= 4 is 5.91 Å². The summed E-state index contributed by atoms with van der Waals surface area (Å²) in [6.07, 6.45) is 1.53. The number of nitrogens with zero attached hydrogens (tertiary/aromatic N) is 2. The molecule has 3 nitrogen and oxygen atoms in total. The van der Waals surface area contributed by atoms with Crippen molar-refractivity contribution in [2.75, 3.05) is 13.1 Å². The molecule has 0 bridgehead atoms. The van der Waals surface area contributed by atoms with Crippen LogP contribution in [0, 0.1) is 5.82 Å². The van der Waals surface area contributed by atoms with E-state index in [1.807, 2.05) is 0 Å². The fourth-order valence-corrected chi connectivity index (χ4v) is 1.75. The lowest BCUT2D eigenvalue weighted by molar-refractivity contribution is -0.0494. The first-order chi connectivity index (χ1) is 7.98. The SMILES string of the molecule is O=C(c1cncc(F)c1)N1CCC(F)(F)CC1. The van der Waals surface area contributed by atoms with Gasteiger partial charge in [-0.1, -0.05) is 0 Å². The van der Waals surface area contributed by atoms with E-state index in [2.05, 4.69) is 4.98 Å². The van der Waals surface area contributed by atoms with Crippen LogP contribution in [0.25, 0.3) is 0 Å². The molecule has 17 heavy (non-hydrogen) atoms. The Hall–Kier alpha value is -1.59. The molecule has 0 spiro atoms. The number of amides is 1. The maximum atomic E-state index is 12.9. The normalized spacial score (nSPS) is 19.1. The number of likely N-dealkylation sites (tertiary alicyclic amines) is 1. The Labute approximate surface area is 96.3 Å². The molecule has 0 unspecified atom stereocenters. The molecule has 0 aromatic carbocycles. The summed E-state index contributed by atoms with van der Waals surface area (Å²) in [4.78, 5) is 16.7. The molecule has 1 aliphatic heterocycles. The Kier molecular flexibility index (Phi) is 3.04. The van der Waals surface area contributed by atoms with E-state index < -0.39 is 17.6 Å². The summed E-state index contributed by atoms with van der Waals surface area (Å²) in [5, 5.41) is 0. The molecule has 0 radical (unpaired) electrons. The van der Waals surface area contributed by atoms with Crippen molar-refractivity contribution in [3.05, 3.63) is 29.8 Å². The molecule has 1 aliphatic rings. The van der Waals surface area contributed by atoms with Gasteiger partial charge in [0.25, 0.3) is 11.8 Å². The van der Waals surface area contributed by atoms with Crippen molar-refractivity contribution in [3.8, 4) is 0 Å². The zero-order chi connectivity index (χ0) is 12.5. The molecule has 92 valence electrons. The van der Waals surface area contributed by atoms with Crippen molar-refractivity contribution in [2.45, 2.75) is 18.8 Å². The van der Waals surface area contributed by atoms with Crippen molar-refractivity contribution in [1.82, 2.24) is 9.88 Å². The summed E-state index contributed by atoms with van der Waals surface area (Å²) in [7, 11) is 0. The minimum atomic E-state index is -2.70. The summed E-state index contributed by atoms with van der Waals surface area (Å²) in [5.74, 6) is -3.76. The first kappa shape index (κ1) is 11.9. The van der Waals surface area contributed by atoms with Crippen LogP contribution in [0.2, 0.25) is 0 Å². The number of aromatic nitrogens is 1. The van der Waals surface area contributed by atoms with E-state index >= 15 is 0 Å². The number of carbonyl (C=O) groups is 1. The largest absolute Gasteiger partial charge is 0.338 e. The van der Waals surface area contributed by atoms with Gasteiger partial charge in [-0.15, -0.1) is 0 Å². The monoisotopic (exact) mass is 244 g/mol. The van der Waals surface area contributed by atoms with Crippen LogP contribution in [0.1, 0.15) is 23.2 Å². The summed E-state index contributed by atoms with van der Waals surface area (Å²) in [6, 6.07) is 1.06. The second-order valence-electron chi connectivity index (χ2n) is 4.04. The van der Waals surface area contributed by atoms with E-state index in [0.29, 0.717) is 0 Å². The first-order valence-electron chi connectivity index (χ1n) is 5.26. The van der Waals surface area contributed by atoms with E-state index in [9.17, 15) is 18.0 Å². The lowest BCUT2D eigenvalue weighted by Gasteiger charge is -2.31. The Morgan fingerprint density at radius 2 is 1.94 bits per heavy atom. The van der Waals surface area contributed by atoms with Crippen molar-refractivity contribution in [1.29, 1.82) is 0 Å². The Morgan fingerprint density at radius 3 is 2.53 bits per heavy atom. The average Bonchev–Trinajstić information content (AvgIpc) is 2.28. The molecule has 0 saturated carbocycles. The van der Waals surface area contributed by atoms with Gasteiger partial charge >= 0.3 is 0 Å². The number of carbonyl (C=O) groups excluding carboxylic acids is 1. The van der Waals surface area contributed by atoms with Gasteiger partial charge in [0.1, 0.15) is 5.82 Å². The van der Waals surface area contributed by atoms with Crippen molar-refractivity contribution in [3.63, 3.8) is 0 Å². The lowest BCUT2D eigenvalue weighted by atomic mass is 10.1. The quantitative estimate of drug-likeness (QED) is 0.757. The van der Waals surface area contributed by atoms with E-state index in [4.69, 9.17) is 0 Å². The van der Waals surface area contributed by atoms with Gasteiger partial charge in [-0.2, -0.15) is 0 Å². The molecular weight excluding hydrogens is 233 g/mol. The van der Waals surface area contributed by atoms with Crippen molar-refractivity contribution < 1.29 is 18.0 Å². The fourth-order valence-electron chi connectivity index (χ4n) is 1.75. The van der Waals surface area contributed by atoms with Gasteiger partial charge in [-0.3, -0.25) is 9.78 Å². The molecule has 2 heterocycles. The van der Waals surface area contributed by atoms with Crippen LogP contribution in [0.4, 0.5) is 13.2 Å². The molecule has 1 saturated heterocycles. The minimum absolute atomic E-state index is 0.0116. The second-order valence-corrected chi connectivity index (χ2v) is 4.04. The zero-order valence-electron chi connectivity index (χ0n) is 9.00. The molecule has 1 fully saturated rings. The molecule has 1 aromatic heterocycles. The van der Waals surface area contributed by atoms with Gasteiger partial charge in [0.15, 0.2) is 0 Å². The third-order valence-electron chi connectivity index (χ3n) is 2.73. The van der Waals surface area contributed by atoms with Gasteiger partial charge < -0.3 is 4.90 Å². The van der Waals surface area contributed by atoms with Crippen LogP contribution in [0.15, 0.2) is 18.5 Å². The van der Waals surface area contributed by atoms with Crippen LogP contribution in [0.5, 0.6) is 0 Å². The van der Waals surface area contributed by atoms with Gasteiger partial charge in [0.2, 0.25) is 0 Å². The Bertz CT molecular complexity index is 426. The van der Waals surface area contributed by atoms with Crippen LogP contribution < -0.4 is 0 Å². The summed E-state index contributed by atoms with van der Waals surface area (Å²) in [6.45, 7) is -0.0231. The number of rotatable bonds is 1. The highest BCUT2D eigenvalue weighted by Gasteiger charge is 2.35.